The number of nitrogens with one attached hydrogen (secondary N) is 2. The van der Waals surface area contributed by atoms with E-state index in [0.29, 0.717) is 26.4 Å². The Morgan fingerprint density at radius 3 is 2.54 bits per heavy atom. The first-order valence-corrected chi connectivity index (χ1v) is 10.2. The average Bonchev–Trinajstić information content (AvgIpc) is 2.61. The molecule has 1 aromatic carbocycles. The van der Waals surface area contributed by atoms with Crippen LogP contribution in [0.4, 0.5) is 0 Å². The highest BCUT2D eigenvalue weighted by Gasteiger charge is 2.19. The van der Waals surface area contributed by atoms with Crippen molar-refractivity contribution in [3.8, 4) is 5.75 Å². The van der Waals surface area contributed by atoms with Gasteiger partial charge in [0.1, 0.15) is 12.4 Å². The Morgan fingerprint density at radius 2 is 1.89 bits per heavy atom. The van der Waals surface area contributed by atoms with Gasteiger partial charge in [-0.1, -0.05) is 26.0 Å². The number of hydrogen-bond donors (Lipinski definition) is 2. The summed E-state index contributed by atoms with van der Waals surface area (Å²) in [5, 5.41) is 6.81. The van der Waals surface area contributed by atoms with E-state index in [9.17, 15) is 0 Å². The molecule has 6 heteroatoms. The van der Waals surface area contributed by atoms with Crippen molar-refractivity contribution in [2.45, 2.75) is 41.2 Å². The second-order valence-corrected chi connectivity index (χ2v) is 8.11. The predicted octanol–water partition coefficient (Wildman–Crippen LogP) is 3.05. The second kappa shape index (κ2) is 12.6. The molecule has 0 spiro atoms. The fourth-order valence-electron chi connectivity index (χ4n) is 3.02. The SMILES string of the molecule is CCNC(=NCc1ccc(C)cc1OCCOCC)NCC(C)(C)CN(C)C. The van der Waals surface area contributed by atoms with E-state index in [-0.39, 0.29) is 5.41 Å². The number of benzene rings is 1. The highest BCUT2D eigenvalue weighted by Crippen LogP contribution is 2.21. The lowest BCUT2D eigenvalue weighted by molar-refractivity contribution is 0.110. The Hall–Kier alpha value is -1.79. The third-order valence-electron chi connectivity index (χ3n) is 4.14. The van der Waals surface area contributed by atoms with Gasteiger partial charge >= 0.3 is 0 Å². The third kappa shape index (κ3) is 9.95. The van der Waals surface area contributed by atoms with Gasteiger partial charge in [0.05, 0.1) is 13.2 Å². The first-order chi connectivity index (χ1) is 13.3. The zero-order valence-electron chi connectivity index (χ0n) is 18.9. The van der Waals surface area contributed by atoms with Crippen LogP contribution in [0.2, 0.25) is 0 Å². The molecule has 0 amide bonds. The standard InChI is InChI=1S/C22H40N4O2/c1-8-23-21(25-16-22(4,5)17-26(6)7)24-15-19-11-10-18(3)14-20(19)28-13-12-27-9-2/h10-11,14H,8-9,12-13,15-17H2,1-7H3,(H2,23,24,25). The number of ether oxygens (including phenoxy) is 2. The van der Waals surface area contributed by atoms with E-state index in [1.807, 2.05) is 6.92 Å². The summed E-state index contributed by atoms with van der Waals surface area (Å²) in [6.07, 6.45) is 0. The van der Waals surface area contributed by atoms with Gasteiger partial charge in [0.25, 0.3) is 0 Å². The molecule has 0 aliphatic rings. The van der Waals surface area contributed by atoms with Crippen LogP contribution in [0.15, 0.2) is 23.2 Å². The summed E-state index contributed by atoms with van der Waals surface area (Å²) >= 11 is 0. The van der Waals surface area contributed by atoms with Crippen LogP contribution in [0.25, 0.3) is 0 Å². The lowest BCUT2D eigenvalue weighted by atomic mass is 9.93. The number of hydrogen-bond acceptors (Lipinski definition) is 4. The molecule has 1 aromatic rings. The molecule has 0 aliphatic heterocycles. The summed E-state index contributed by atoms with van der Waals surface area (Å²) in [4.78, 5) is 6.98. The maximum absolute atomic E-state index is 5.93. The molecule has 2 N–H and O–H groups in total. The Kier molecular flexibility index (Phi) is 10.9. The van der Waals surface area contributed by atoms with Crippen LogP contribution in [0.1, 0.15) is 38.8 Å². The van der Waals surface area contributed by atoms with E-state index in [4.69, 9.17) is 14.5 Å². The van der Waals surface area contributed by atoms with E-state index in [2.05, 4.69) is 75.5 Å². The van der Waals surface area contributed by atoms with E-state index >= 15 is 0 Å². The van der Waals surface area contributed by atoms with Gasteiger partial charge in [-0.3, -0.25) is 0 Å². The molecule has 0 unspecified atom stereocenters. The summed E-state index contributed by atoms with van der Waals surface area (Å²) in [5.41, 5.74) is 2.40. The molecule has 0 fully saturated rings. The van der Waals surface area contributed by atoms with Gasteiger partial charge in [-0.25, -0.2) is 4.99 Å². The summed E-state index contributed by atoms with van der Waals surface area (Å²) < 4.78 is 11.3. The number of nitrogens with zero attached hydrogens (tertiary/aromatic N) is 2. The molecule has 6 nitrogen and oxygen atoms in total. The number of aryl methyl sites for hydroxylation is 1. The highest BCUT2D eigenvalue weighted by molar-refractivity contribution is 5.79. The van der Waals surface area contributed by atoms with Crippen molar-refractivity contribution in [1.82, 2.24) is 15.5 Å². The van der Waals surface area contributed by atoms with E-state index in [1.54, 1.807) is 0 Å². The molecule has 0 bridgehead atoms. The Bertz CT molecular complexity index is 600. The number of guanidine groups is 1. The van der Waals surface area contributed by atoms with Crippen LogP contribution in [0.3, 0.4) is 0 Å². The van der Waals surface area contributed by atoms with Crippen LogP contribution in [-0.4, -0.2) is 64.4 Å². The van der Waals surface area contributed by atoms with Crippen molar-refractivity contribution in [2.24, 2.45) is 10.4 Å². The van der Waals surface area contributed by atoms with E-state index < -0.39 is 0 Å². The van der Waals surface area contributed by atoms with Crippen LogP contribution < -0.4 is 15.4 Å². The van der Waals surface area contributed by atoms with E-state index in [0.717, 1.165) is 36.9 Å². The number of aliphatic imine (C=N–C) groups is 1. The minimum atomic E-state index is 0.150. The maximum Gasteiger partial charge on any atom is 0.191 e. The van der Waals surface area contributed by atoms with Gasteiger partial charge in [0, 0.05) is 31.8 Å². The zero-order valence-corrected chi connectivity index (χ0v) is 18.9. The quantitative estimate of drug-likeness (QED) is 0.325. The number of rotatable bonds is 12. The van der Waals surface area contributed by atoms with Crippen molar-refractivity contribution in [1.29, 1.82) is 0 Å². The van der Waals surface area contributed by atoms with Gasteiger partial charge in [-0.15, -0.1) is 0 Å². The normalized spacial score (nSPS) is 12.4. The third-order valence-corrected chi connectivity index (χ3v) is 4.14. The van der Waals surface area contributed by atoms with Crippen LogP contribution in [0.5, 0.6) is 5.75 Å². The summed E-state index contributed by atoms with van der Waals surface area (Å²) in [6, 6.07) is 6.26. The molecule has 0 aliphatic carbocycles. The monoisotopic (exact) mass is 392 g/mol. The molecule has 0 aromatic heterocycles. The lowest BCUT2D eigenvalue weighted by Crippen LogP contribution is -2.44. The molecule has 0 saturated heterocycles. The van der Waals surface area contributed by atoms with Gasteiger partial charge in [-0.05, 0) is 51.9 Å². The zero-order chi connectivity index (χ0) is 21.0. The Labute approximate surface area is 171 Å². The molecular weight excluding hydrogens is 352 g/mol. The van der Waals surface area contributed by atoms with Gasteiger partial charge in [0.2, 0.25) is 0 Å². The fraction of sp³-hybridized carbons (Fsp3) is 0.682. The highest BCUT2D eigenvalue weighted by atomic mass is 16.5. The molecule has 28 heavy (non-hydrogen) atoms. The average molecular weight is 393 g/mol. The summed E-state index contributed by atoms with van der Waals surface area (Å²) in [7, 11) is 4.21. The first-order valence-electron chi connectivity index (χ1n) is 10.2. The van der Waals surface area contributed by atoms with Crippen molar-refractivity contribution < 1.29 is 9.47 Å². The Balaban J connectivity index is 2.77. The lowest BCUT2D eigenvalue weighted by Gasteiger charge is -2.29. The van der Waals surface area contributed by atoms with Crippen molar-refractivity contribution >= 4 is 5.96 Å². The first kappa shape index (κ1) is 24.2. The van der Waals surface area contributed by atoms with Crippen LogP contribution >= 0.6 is 0 Å². The molecule has 0 heterocycles. The maximum atomic E-state index is 5.93. The van der Waals surface area contributed by atoms with Crippen molar-refractivity contribution in [3.05, 3.63) is 29.3 Å². The molecule has 0 radical (unpaired) electrons. The largest absolute Gasteiger partial charge is 0.491 e. The van der Waals surface area contributed by atoms with Crippen molar-refractivity contribution in [2.75, 3.05) is 53.6 Å². The van der Waals surface area contributed by atoms with E-state index in [1.165, 1.54) is 5.56 Å². The van der Waals surface area contributed by atoms with Crippen LogP contribution in [-0.2, 0) is 11.3 Å². The summed E-state index contributed by atoms with van der Waals surface area (Å²) in [6.45, 7) is 15.7. The smallest absolute Gasteiger partial charge is 0.191 e. The van der Waals surface area contributed by atoms with Gasteiger partial charge in [0.15, 0.2) is 5.96 Å². The predicted molar refractivity (Wildman–Crippen MR) is 118 cm³/mol. The van der Waals surface area contributed by atoms with Crippen molar-refractivity contribution in [3.63, 3.8) is 0 Å². The molecule has 0 atom stereocenters. The second-order valence-electron chi connectivity index (χ2n) is 8.11. The topological polar surface area (TPSA) is 58.1 Å². The minimum absolute atomic E-state index is 0.150. The molecule has 1 rings (SSSR count). The summed E-state index contributed by atoms with van der Waals surface area (Å²) in [5.74, 6) is 1.71. The van der Waals surface area contributed by atoms with Gasteiger partial charge in [-0.2, -0.15) is 0 Å². The Morgan fingerprint density at radius 1 is 1.14 bits per heavy atom. The minimum Gasteiger partial charge on any atom is -0.491 e. The van der Waals surface area contributed by atoms with Gasteiger partial charge < -0.3 is 25.0 Å². The molecular formula is C22H40N4O2. The van der Waals surface area contributed by atoms with Crippen LogP contribution in [0, 0.1) is 12.3 Å². The molecule has 160 valence electrons. The fourth-order valence-corrected chi connectivity index (χ4v) is 3.02. The molecule has 0 saturated carbocycles.